The van der Waals surface area contributed by atoms with Gasteiger partial charge in [0, 0.05) is 0 Å². The topological polar surface area (TPSA) is 107 Å². The molecule has 1 N–H and O–H groups in total. The van der Waals surface area contributed by atoms with Crippen molar-refractivity contribution in [3.63, 3.8) is 0 Å². The number of benzene rings is 1. The number of esters is 2. The fourth-order valence-electron chi connectivity index (χ4n) is 1.50. The first-order valence-corrected chi connectivity index (χ1v) is 7.45. The molecule has 0 atom stereocenters. The van der Waals surface area contributed by atoms with Crippen LogP contribution < -0.4 is 2.81 Å². The second-order valence-corrected chi connectivity index (χ2v) is 6.09. The molecule has 0 radical (unpaired) electrons. The first kappa shape index (κ1) is 16.1. The van der Waals surface area contributed by atoms with E-state index in [1.807, 2.05) is 0 Å². The summed E-state index contributed by atoms with van der Waals surface area (Å²) in [4.78, 5) is 22.3. The molecule has 98 valence electrons. The molecule has 19 heavy (non-hydrogen) atoms. The van der Waals surface area contributed by atoms with E-state index in [2.05, 4.69) is 9.47 Å². The number of rotatable bonds is 3. The van der Waals surface area contributed by atoms with Gasteiger partial charge in [-0.1, -0.05) is 0 Å². The van der Waals surface area contributed by atoms with E-state index in [1.54, 1.807) is 0 Å². The summed E-state index contributed by atoms with van der Waals surface area (Å²) in [5, 5.41) is 0. The average molecular weight is 296 g/mol. The Morgan fingerprint density at radius 3 is 2.00 bits per heavy atom. The second-order valence-electron chi connectivity index (χ2n) is 3.62. The zero-order valence-electron chi connectivity index (χ0n) is 10.5. The van der Waals surface area contributed by atoms with E-state index in [0.29, 0.717) is 30.7 Å². The van der Waals surface area contributed by atoms with Gasteiger partial charge in [0.05, 0.1) is 0 Å². The van der Waals surface area contributed by atoms with Gasteiger partial charge in [-0.05, 0) is 0 Å². The van der Waals surface area contributed by atoms with Crippen LogP contribution in [0.1, 0.15) is 20.7 Å². The van der Waals surface area contributed by atoms with Crippen molar-refractivity contribution in [1.82, 2.24) is 0 Å². The zero-order valence-corrected chi connectivity index (χ0v) is 13.3. The van der Waals surface area contributed by atoms with Crippen LogP contribution in [0.3, 0.4) is 0 Å². The van der Waals surface area contributed by atoms with Gasteiger partial charge in [0.1, 0.15) is 0 Å². The van der Waals surface area contributed by atoms with Crippen molar-refractivity contribution in [2.75, 3.05) is 14.2 Å². The molecule has 1 aromatic rings. The fourth-order valence-corrected chi connectivity index (χ4v) is 2.82. The van der Waals surface area contributed by atoms with E-state index >= 15 is 0 Å². The molecule has 0 aromatic heterocycles. The van der Waals surface area contributed by atoms with Crippen molar-refractivity contribution in [1.29, 1.82) is 0 Å². The van der Waals surface area contributed by atoms with Gasteiger partial charge in [0.2, 0.25) is 0 Å². The van der Waals surface area contributed by atoms with E-state index in [-0.39, 0.29) is 11.1 Å². The van der Waals surface area contributed by atoms with Crippen LogP contribution in [0.2, 0.25) is 0 Å². The number of carbonyl (C=O) groups excluding carboxylic acids is 2. The molecule has 0 amide bonds. The van der Waals surface area contributed by atoms with Crippen LogP contribution in [-0.2, 0) is 19.6 Å². The summed E-state index contributed by atoms with van der Waals surface area (Å²) in [6.07, 6.45) is 0. The van der Waals surface area contributed by atoms with Crippen LogP contribution in [0.15, 0.2) is 17.0 Å². The molecule has 7 nitrogen and oxygen atoms in total. The van der Waals surface area contributed by atoms with Gasteiger partial charge >= 0.3 is 127 Å². The Kier molecular flexibility index (Phi) is 5.11. The van der Waals surface area contributed by atoms with Crippen LogP contribution in [0.4, 0.5) is 0 Å². The maximum absolute atomic E-state index is 11.5. The van der Waals surface area contributed by atoms with Crippen molar-refractivity contribution in [3.8, 4) is 0 Å². The van der Waals surface area contributed by atoms with Gasteiger partial charge in [-0.2, -0.15) is 0 Å². The fraction of sp³-hybridized carbons (Fsp3) is 0.200. The molecule has 0 fully saturated rings. The average Bonchev–Trinajstić information content (AvgIpc) is 2.35. The minimum absolute atomic E-state index is 0.00514. The quantitative estimate of drug-likeness (QED) is 0.446. The molecule has 0 aliphatic heterocycles. The van der Waals surface area contributed by atoms with Gasteiger partial charge in [-0.15, -0.1) is 0 Å². The Morgan fingerprint density at radius 1 is 1.11 bits per heavy atom. The molecular weight excluding hydrogens is 287 g/mol. The molecule has 0 unspecified atom stereocenters. The summed E-state index contributed by atoms with van der Waals surface area (Å²) >= 11 is 0.374. The molecule has 0 bridgehead atoms. The Balaban J connectivity index is 3.65. The summed E-state index contributed by atoms with van der Waals surface area (Å²) in [5.74, 6) is -1.66. The van der Waals surface area contributed by atoms with E-state index in [0.717, 1.165) is 20.3 Å². The molecule has 1 aromatic carbocycles. The molecule has 1 rings (SSSR count). The Bertz CT molecular complexity index is 636. The predicted molar refractivity (Wildman–Crippen MR) is 64.3 cm³/mol. The molecule has 0 aliphatic rings. The van der Waals surface area contributed by atoms with Crippen LogP contribution in [0.5, 0.6) is 0 Å². The van der Waals surface area contributed by atoms with Crippen molar-refractivity contribution < 1.29 is 32.0 Å². The van der Waals surface area contributed by atoms with E-state index in [1.165, 1.54) is 6.07 Å². The van der Waals surface area contributed by atoms with Crippen LogP contribution in [0.25, 0.3) is 0 Å². The zero-order chi connectivity index (χ0) is 14.8. The Morgan fingerprint density at radius 2 is 1.58 bits per heavy atom. The summed E-state index contributed by atoms with van der Waals surface area (Å²) in [7, 11) is -2.44. The molecule has 0 heterocycles. The Hall–Kier alpha value is -0.930. The Labute approximate surface area is 127 Å². The maximum atomic E-state index is 11.5. The number of hydrogen-bond donors (Lipinski definition) is 1. The molecule has 0 saturated heterocycles. The van der Waals surface area contributed by atoms with E-state index in [9.17, 15) is 18.0 Å². The van der Waals surface area contributed by atoms with Gasteiger partial charge in [0.15, 0.2) is 0 Å². The minimum atomic E-state index is -4.66. The number of hydrogen-bond acceptors (Lipinski definition) is 6. The van der Waals surface area contributed by atoms with Gasteiger partial charge in [-0.3, -0.25) is 0 Å². The first-order valence-electron chi connectivity index (χ1n) is 5.01. The molecule has 0 aliphatic carbocycles. The van der Waals surface area contributed by atoms with Crippen molar-refractivity contribution >= 4 is 52.8 Å². The molecule has 0 spiro atoms. The first-order chi connectivity index (χ1) is 8.72. The summed E-state index contributed by atoms with van der Waals surface area (Å²) < 4.78 is 41.0. The van der Waals surface area contributed by atoms with Gasteiger partial charge in [-0.25, -0.2) is 0 Å². The van der Waals surface area contributed by atoms with Crippen molar-refractivity contribution in [2.45, 2.75) is 4.90 Å². The van der Waals surface area contributed by atoms with Crippen LogP contribution >= 0.6 is 0 Å². The van der Waals surface area contributed by atoms with Crippen molar-refractivity contribution in [3.05, 3.63) is 23.3 Å². The van der Waals surface area contributed by atoms with E-state index in [4.69, 9.17) is 4.55 Å². The number of methoxy groups -OCH3 is 2. The summed E-state index contributed by atoms with van der Waals surface area (Å²) in [6.45, 7) is 0. The standard InChI is InChI=1S/C10H9O7S.Na/c1-16-9(11)6-3-4-7(10(12)17-2)8(5-6)18(13,14)15;/h4-5H,1-2H3,(H,13,14,15);. The van der Waals surface area contributed by atoms with Crippen LogP contribution in [0, 0.1) is 0 Å². The third-order valence-electron chi connectivity index (χ3n) is 2.42. The number of carbonyl (C=O) groups is 2. The van der Waals surface area contributed by atoms with E-state index < -0.39 is 27.0 Å². The second kappa shape index (κ2) is 6.02. The third kappa shape index (κ3) is 3.54. The summed E-state index contributed by atoms with van der Waals surface area (Å²) in [6, 6.07) is 2.11. The van der Waals surface area contributed by atoms with Gasteiger partial charge < -0.3 is 0 Å². The molecule has 0 saturated carbocycles. The monoisotopic (exact) mass is 296 g/mol. The summed E-state index contributed by atoms with van der Waals surface area (Å²) in [5.41, 5.74) is -0.322. The number of ether oxygens (including phenoxy) is 2. The SMILES string of the molecule is COC(=O)c1cc(S(=O)(=O)O)c(C(=O)OC)c[c]1[Na]. The predicted octanol–water partition coefficient (Wildman–Crippen LogP) is -0.700. The molecular formula is C10H9NaO7S. The van der Waals surface area contributed by atoms with Crippen LogP contribution in [-0.4, -0.2) is 67.1 Å². The third-order valence-corrected chi connectivity index (χ3v) is 4.14. The molecule has 9 heteroatoms. The normalized spacial score (nSPS) is 11.0. The van der Waals surface area contributed by atoms with Gasteiger partial charge in [0.25, 0.3) is 0 Å². The van der Waals surface area contributed by atoms with Crippen molar-refractivity contribution in [2.24, 2.45) is 0 Å².